The number of benzene rings is 1. The van der Waals surface area contributed by atoms with Crippen LogP contribution in [0.1, 0.15) is 12.5 Å². The molecule has 1 aromatic heterocycles. The van der Waals surface area contributed by atoms with Gasteiger partial charge in [-0.05, 0) is 23.8 Å². The van der Waals surface area contributed by atoms with Gasteiger partial charge in [0.25, 0.3) is 0 Å². The molecular weight excluding hydrogens is 246 g/mol. The van der Waals surface area contributed by atoms with Gasteiger partial charge in [0.1, 0.15) is 5.75 Å². The van der Waals surface area contributed by atoms with E-state index in [1.165, 1.54) is 13.0 Å². The second kappa shape index (κ2) is 5.72. The highest BCUT2D eigenvalue weighted by atomic mass is 16.6. The zero-order valence-corrected chi connectivity index (χ0v) is 10.2. The van der Waals surface area contributed by atoms with Crippen LogP contribution >= 0.6 is 0 Å². The van der Waals surface area contributed by atoms with Crippen molar-refractivity contribution >= 4 is 6.08 Å². The Kier molecular flexibility index (Phi) is 3.82. The molecule has 0 aliphatic rings. The number of aromatic nitrogens is 2. The van der Waals surface area contributed by atoms with E-state index in [2.05, 4.69) is 9.97 Å². The van der Waals surface area contributed by atoms with E-state index < -0.39 is 4.92 Å². The molecule has 0 N–H and O–H groups in total. The molecule has 0 aliphatic heterocycles. The minimum Gasteiger partial charge on any atom is -0.424 e. The lowest BCUT2D eigenvalue weighted by Crippen LogP contribution is -1.93. The summed E-state index contributed by atoms with van der Waals surface area (Å²) in [6.45, 7) is 1.44. The summed E-state index contributed by atoms with van der Waals surface area (Å²) < 4.78 is 5.44. The molecule has 0 unspecified atom stereocenters. The number of nitrogens with zero attached hydrogens (tertiary/aromatic N) is 3. The zero-order chi connectivity index (χ0) is 13.7. The molecular formula is C13H11N3O3. The van der Waals surface area contributed by atoms with Gasteiger partial charge < -0.3 is 4.74 Å². The van der Waals surface area contributed by atoms with E-state index in [0.29, 0.717) is 11.3 Å². The first-order chi connectivity index (χ1) is 9.15. The third kappa shape index (κ3) is 3.60. The molecule has 2 rings (SSSR count). The summed E-state index contributed by atoms with van der Waals surface area (Å²) >= 11 is 0. The van der Waals surface area contributed by atoms with E-state index in [0.717, 1.165) is 0 Å². The standard InChI is InChI=1S/C13H11N3O3/c1-10(16(17)18)8-11-4-2-5-12(9-11)19-13-14-6-3-7-15-13/h2-9H,1H3/b10-8+. The van der Waals surface area contributed by atoms with Crippen LogP contribution in [0.4, 0.5) is 0 Å². The molecule has 6 nitrogen and oxygen atoms in total. The van der Waals surface area contributed by atoms with Crippen LogP contribution in [0.2, 0.25) is 0 Å². The van der Waals surface area contributed by atoms with Crippen LogP contribution in [-0.4, -0.2) is 14.9 Å². The van der Waals surface area contributed by atoms with Gasteiger partial charge >= 0.3 is 6.01 Å². The van der Waals surface area contributed by atoms with Crippen molar-refractivity contribution in [1.29, 1.82) is 0 Å². The van der Waals surface area contributed by atoms with E-state index in [1.54, 1.807) is 42.7 Å². The highest BCUT2D eigenvalue weighted by molar-refractivity contribution is 5.53. The van der Waals surface area contributed by atoms with Crippen LogP contribution in [0.3, 0.4) is 0 Å². The van der Waals surface area contributed by atoms with Crippen molar-refractivity contribution in [3.05, 3.63) is 64.1 Å². The fourth-order valence-corrected chi connectivity index (χ4v) is 1.41. The van der Waals surface area contributed by atoms with Crippen molar-refractivity contribution in [2.24, 2.45) is 0 Å². The molecule has 0 saturated heterocycles. The van der Waals surface area contributed by atoms with E-state index in [1.807, 2.05) is 0 Å². The van der Waals surface area contributed by atoms with Gasteiger partial charge in [-0.15, -0.1) is 0 Å². The lowest BCUT2D eigenvalue weighted by molar-refractivity contribution is -0.422. The Bertz CT molecular complexity index is 612. The van der Waals surface area contributed by atoms with Crippen molar-refractivity contribution in [2.45, 2.75) is 6.92 Å². The predicted octanol–water partition coefficient (Wildman–Crippen LogP) is 2.91. The maximum atomic E-state index is 10.6. The molecule has 0 spiro atoms. The van der Waals surface area contributed by atoms with Crippen molar-refractivity contribution in [1.82, 2.24) is 9.97 Å². The van der Waals surface area contributed by atoms with Crippen LogP contribution in [-0.2, 0) is 0 Å². The summed E-state index contributed by atoms with van der Waals surface area (Å²) in [5.41, 5.74) is 0.746. The van der Waals surface area contributed by atoms with Crippen LogP contribution < -0.4 is 4.74 Å². The number of allylic oxidation sites excluding steroid dienone is 1. The third-order valence-corrected chi connectivity index (χ3v) is 2.27. The van der Waals surface area contributed by atoms with Crippen LogP contribution in [0, 0.1) is 10.1 Å². The number of ether oxygens (including phenoxy) is 1. The molecule has 0 bridgehead atoms. The van der Waals surface area contributed by atoms with Crippen LogP contribution in [0.15, 0.2) is 48.4 Å². The first-order valence-electron chi connectivity index (χ1n) is 5.53. The summed E-state index contributed by atoms with van der Waals surface area (Å²) in [5.74, 6) is 0.524. The largest absolute Gasteiger partial charge is 0.424 e. The van der Waals surface area contributed by atoms with Gasteiger partial charge in [-0.2, -0.15) is 0 Å². The maximum absolute atomic E-state index is 10.6. The quantitative estimate of drug-likeness (QED) is 0.621. The summed E-state index contributed by atoms with van der Waals surface area (Å²) in [7, 11) is 0. The first-order valence-corrected chi connectivity index (χ1v) is 5.53. The Balaban J connectivity index is 2.20. The molecule has 1 aromatic carbocycles. The number of nitro groups is 1. The monoisotopic (exact) mass is 257 g/mol. The van der Waals surface area contributed by atoms with Gasteiger partial charge in [-0.25, -0.2) is 9.97 Å². The second-order valence-electron chi connectivity index (χ2n) is 3.75. The molecule has 2 aromatic rings. The molecule has 6 heteroatoms. The molecule has 0 aliphatic carbocycles. The van der Waals surface area contributed by atoms with Crippen molar-refractivity contribution in [3.8, 4) is 11.8 Å². The van der Waals surface area contributed by atoms with E-state index in [-0.39, 0.29) is 11.7 Å². The van der Waals surface area contributed by atoms with Gasteiger partial charge in [0.15, 0.2) is 0 Å². The lowest BCUT2D eigenvalue weighted by Gasteiger charge is -2.03. The maximum Gasteiger partial charge on any atom is 0.321 e. The second-order valence-corrected chi connectivity index (χ2v) is 3.75. The van der Waals surface area contributed by atoms with Gasteiger partial charge in [-0.1, -0.05) is 12.1 Å². The number of hydrogen-bond acceptors (Lipinski definition) is 5. The third-order valence-electron chi connectivity index (χ3n) is 2.27. The van der Waals surface area contributed by atoms with E-state index in [4.69, 9.17) is 4.74 Å². The van der Waals surface area contributed by atoms with Gasteiger partial charge in [0.2, 0.25) is 5.70 Å². The first kappa shape index (κ1) is 12.7. The fraction of sp³-hybridized carbons (Fsp3) is 0.0769. The van der Waals surface area contributed by atoms with Crippen LogP contribution in [0.5, 0.6) is 11.8 Å². The Labute approximate surface area is 109 Å². The van der Waals surface area contributed by atoms with Crippen molar-refractivity contribution in [3.63, 3.8) is 0 Å². The average molecular weight is 257 g/mol. The molecule has 0 amide bonds. The minimum atomic E-state index is -0.437. The van der Waals surface area contributed by atoms with Crippen molar-refractivity contribution in [2.75, 3.05) is 0 Å². The molecule has 1 heterocycles. The highest BCUT2D eigenvalue weighted by Crippen LogP contribution is 2.20. The fourth-order valence-electron chi connectivity index (χ4n) is 1.41. The van der Waals surface area contributed by atoms with Gasteiger partial charge in [-0.3, -0.25) is 10.1 Å². The zero-order valence-electron chi connectivity index (χ0n) is 10.2. The molecule has 96 valence electrons. The molecule has 0 radical (unpaired) electrons. The molecule has 0 fully saturated rings. The Morgan fingerprint density at radius 1 is 1.32 bits per heavy atom. The minimum absolute atomic E-state index is 0.0631. The van der Waals surface area contributed by atoms with E-state index in [9.17, 15) is 10.1 Å². The average Bonchev–Trinajstić information content (AvgIpc) is 2.40. The Morgan fingerprint density at radius 3 is 2.74 bits per heavy atom. The topological polar surface area (TPSA) is 78.2 Å². The predicted molar refractivity (Wildman–Crippen MR) is 69.2 cm³/mol. The smallest absolute Gasteiger partial charge is 0.321 e. The number of rotatable bonds is 4. The Hall–Kier alpha value is -2.76. The molecule has 0 atom stereocenters. The summed E-state index contributed by atoms with van der Waals surface area (Å²) in [6, 6.07) is 8.84. The summed E-state index contributed by atoms with van der Waals surface area (Å²) in [4.78, 5) is 18.0. The normalized spacial score (nSPS) is 11.1. The number of hydrogen-bond donors (Lipinski definition) is 0. The SMILES string of the molecule is C/C(=C\c1cccc(Oc2ncccn2)c1)[N+](=O)[O-]. The van der Waals surface area contributed by atoms with Crippen molar-refractivity contribution < 1.29 is 9.66 Å². The summed E-state index contributed by atoms with van der Waals surface area (Å²) in [5, 5.41) is 10.6. The lowest BCUT2D eigenvalue weighted by atomic mass is 10.2. The Morgan fingerprint density at radius 2 is 2.05 bits per heavy atom. The van der Waals surface area contributed by atoms with Gasteiger partial charge in [0.05, 0.1) is 4.92 Å². The molecule has 0 saturated carbocycles. The van der Waals surface area contributed by atoms with E-state index >= 15 is 0 Å². The summed E-state index contributed by atoms with van der Waals surface area (Å²) in [6.07, 6.45) is 4.62. The highest BCUT2D eigenvalue weighted by Gasteiger charge is 2.04. The van der Waals surface area contributed by atoms with Crippen LogP contribution in [0.25, 0.3) is 6.08 Å². The van der Waals surface area contributed by atoms with Gasteiger partial charge in [0, 0.05) is 25.4 Å². The molecule has 19 heavy (non-hydrogen) atoms.